The second kappa shape index (κ2) is 5.87. The maximum absolute atomic E-state index is 10.0. The van der Waals surface area contributed by atoms with Gasteiger partial charge in [0.15, 0.2) is 0 Å². The van der Waals surface area contributed by atoms with Crippen molar-refractivity contribution in [1.82, 2.24) is 4.98 Å². The van der Waals surface area contributed by atoms with Crippen LogP contribution in [0.5, 0.6) is 0 Å². The second-order valence-electron chi connectivity index (χ2n) is 4.44. The van der Waals surface area contributed by atoms with Crippen LogP contribution in [0.1, 0.15) is 17.2 Å². The number of nitriles is 1. The van der Waals surface area contributed by atoms with E-state index in [1.165, 1.54) is 0 Å². The van der Waals surface area contributed by atoms with E-state index in [4.69, 9.17) is 16.9 Å². The molecule has 0 amide bonds. The average molecular weight is 285 g/mol. The standard InChI is InChI=1S/C16H13ClN2O/c1-10-8-13(15(20)11(2)9-18)16(17)19-14(10)12-6-4-3-5-7-12/h3-8,15,20H,2H2,1H3. The maximum Gasteiger partial charge on any atom is 0.135 e. The Balaban J connectivity index is 2.50. The molecule has 2 aromatic rings. The Morgan fingerprint density at radius 2 is 2.05 bits per heavy atom. The van der Waals surface area contributed by atoms with Gasteiger partial charge in [0.2, 0.25) is 0 Å². The quantitative estimate of drug-likeness (QED) is 0.688. The third-order valence-electron chi connectivity index (χ3n) is 3.01. The van der Waals surface area contributed by atoms with Gasteiger partial charge in [-0.3, -0.25) is 0 Å². The minimum Gasteiger partial charge on any atom is -0.383 e. The summed E-state index contributed by atoms with van der Waals surface area (Å²) in [6, 6.07) is 13.2. The number of hydrogen-bond acceptors (Lipinski definition) is 3. The van der Waals surface area contributed by atoms with Crippen LogP contribution >= 0.6 is 11.6 Å². The van der Waals surface area contributed by atoms with E-state index in [2.05, 4.69) is 11.6 Å². The smallest absolute Gasteiger partial charge is 0.135 e. The van der Waals surface area contributed by atoms with E-state index in [9.17, 15) is 5.11 Å². The number of halogens is 1. The molecule has 1 aromatic heterocycles. The first-order valence-corrected chi connectivity index (χ1v) is 6.41. The summed E-state index contributed by atoms with van der Waals surface area (Å²) in [6.45, 7) is 5.39. The molecule has 2 rings (SSSR count). The van der Waals surface area contributed by atoms with Gasteiger partial charge in [-0.15, -0.1) is 0 Å². The molecule has 0 aliphatic carbocycles. The summed E-state index contributed by atoms with van der Waals surface area (Å²) in [4.78, 5) is 4.34. The van der Waals surface area contributed by atoms with Crippen LogP contribution < -0.4 is 0 Å². The number of benzene rings is 1. The summed E-state index contributed by atoms with van der Waals surface area (Å²) in [7, 11) is 0. The van der Waals surface area contributed by atoms with E-state index in [1.807, 2.05) is 43.3 Å². The second-order valence-corrected chi connectivity index (χ2v) is 4.80. The number of aromatic nitrogens is 1. The molecule has 1 unspecified atom stereocenters. The van der Waals surface area contributed by atoms with Crippen LogP contribution in [0.25, 0.3) is 11.3 Å². The molecule has 1 heterocycles. The largest absolute Gasteiger partial charge is 0.383 e. The molecule has 20 heavy (non-hydrogen) atoms. The highest BCUT2D eigenvalue weighted by Gasteiger charge is 2.18. The molecule has 0 bridgehead atoms. The van der Waals surface area contributed by atoms with Gasteiger partial charge in [0.05, 0.1) is 17.3 Å². The predicted octanol–water partition coefficient (Wildman–Crippen LogP) is 3.82. The Hall–Kier alpha value is -2.15. The van der Waals surface area contributed by atoms with Gasteiger partial charge in [-0.05, 0) is 18.6 Å². The summed E-state index contributed by atoms with van der Waals surface area (Å²) in [5.41, 5.74) is 3.03. The van der Waals surface area contributed by atoms with E-state index >= 15 is 0 Å². The highest BCUT2D eigenvalue weighted by atomic mass is 35.5. The fraction of sp³-hybridized carbons (Fsp3) is 0.125. The Morgan fingerprint density at radius 3 is 2.65 bits per heavy atom. The lowest BCUT2D eigenvalue weighted by atomic mass is 10.0. The van der Waals surface area contributed by atoms with Crippen molar-refractivity contribution in [3.63, 3.8) is 0 Å². The average Bonchev–Trinajstić information content (AvgIpc) is 2.48. The van der Waals surface area contributed by atoms with Gasteiger partial charge in [-0.25, -0.2) is 4.98 Å². The fourth-order valence-corrected chi connectivity index (χ4v) is 2.18. The molecule has 4 heteroatoms. The van der Waals surface area contributed by atoms with Gasteiger partial charge in [-0.2, -0.15) is 5.26 Å². The van der Waals surface area contributed by atoms with E-state index in [-0.39, 0.29) is 10.7 Å². The Kier molecular flexibility index (Phi) is 4.19. The lowest BCUT2D eigenvalue weighted by Gasteiger charge is -2.14. The first-order valence-electron chi connectivity index (χ1n) is 6.04. The number of rotatable bonds is 3. The first kappa shape index (κ1) is 14.3. The normalized spacial score (nSPS) is 11.7. The Labute approximate surface area is 122 Å². The highest BCUT2D eigenvalue weighted by molar-refractivity contribution is 6.30. The van der Waals surface area contributed by atoms with Gasteiger partial charge < -0.3 is 5.11 Å². The molecule has 0 spiro atoms. The molecule has 0 aliphatic rings. The Morgan fingerprint density at radius 1 is 1.40 bits per heavy atom. The van der Waals surface area contributed by atoms with Crippen LogP contribution in [-0.4, -0.2) is 10.1 Å². The first-order chi connectivity index (χ1) is 9.54. The topological polar surface area (TPSA) is 56.9 Å². The number of aliphatic hydroxyl groups is 1. The maximum atomic E-state index is 10.0. The lowest BCUT2D eigenvalue weighted by Crippen LogP contribution is -2.03. The molecule has 0 aliphatic heterocycles. The fourth-order valence-electron chi connectivity index (χ4n) is 1.94. The molecule has 1 aromatic carbocycles. The zero-order chi connectivity index (χ0) is 14.7. The van der Waals surface area contributed by atoms with E-state index < -0.39 is 6.10 Å². The monoisotopic (exact) mass is 284 g/mol. The predicted molar refractivity (Wildman–Crippen MR) is 79.1 cm³/mol. The van der Waals surface area contributed by atoms with Crippen molar-refractivity contribution in [2.45, 2.75) is 13.0 Å². The number of hydrogen-bond donors (Lipinski definition) is 1. The summed E-state index contributed by atoms with van der Waals surface area (Å²) < 4.78 is 0. The van der Waals surface area contributed by atoms with Crippen LogP contribution in [0, 0.1) is 18.3 Å². The van der Waals surface area contributed by atoms with Gasteiger partial charge in [-0.1, -0.05) is 48.5 Å². The van der Waals surface area contributed by atoms with Crippen molar-refractivity contribution in [1.29, 1.82) is 5.26 Å². The van der Waals surface area contributed by atoms with E-state index in [0.29, 0.717) is 5.56 Å². The summed E-state index contributed by atoms with van der Waals surface area (Å²) in [6.07, 6.45) is -1.12. The molecule has 0 fully saturated rings. The molecular formula is C16H13ClN2O. The number of aliphatic hydroxyl groups excluding tert-OH is 1. The molecule has 1 atom stereocenters. The van der Waals surface area contributed by atoms with Crippen LogP contribution in [0.4, 0.5) is 0 Å². The third kappa shape index (κ3) is 2.72. The van der Waals surface area contributed by atoms with Crippen molar-refractivity contribution in [3.05, 3.63) is 64.8 Å². The van der Waals surface area contributed by atoms with Crippen molar-refractivity contribution < 1.29 is 5.11 Å². The molecule has 1 N–H and O–H groups in total. The molecule has 3 nitrogen and oxygen atoms in total. The minimum absolute atomic E-state index is 0.0422. The van der Waals surface area contributed by atoms with Crippen molar-refractivity contribution in [3.8, 4) is 17.3 Å². The van der Waals surface area contributed by atoms with Crippen LogP contribution in [0.15, 0.2) is 48.6 Å². The summed E-state index contributed by atoms with van der Waals surface area (Å²) in [5.74, 6) is 0. The number of pyridine rings is 1. The minimum atomic E-state index is -1.12. The zero-order valence-corrected chi connectivity index (χ0v) is 11.7. The van der Waals surface area contributed by atoms with Crippen molar-refractivity contribution >= 4 is 11.6 Å². The summed E-state index contributed by atoms with van der Waals surface area (Å²) >= 11 is 6.13. The SMILES string of the molecule is C=C(C#N)C(O)c1cc(C)c(-c2ccccc2)nc1Cl. The third-order valence-corrected chi connectivity index (χ3v) is 3.31. The van der Waals surface area contributed by atoms with Crippen molar-refractivity contribution in [2.75, 3.05) is 0 Å². The van der Waals surface area contributed by atoms with Gasteiger partial charge in [0, 0.05) is 11.1 Å². The van der Waals surface area contributed by atoms with Gasteiger partial charge >= 0.3 is 0 Å². The highest BCUT2D eigenvalue weighted by Crippen LogP contribution is 2.31. The van der Waals surface area contributed by atoms with E-state index in [0.717, 1.165) is 16.8 Å². The summed E-state index contributed by atoms with van der Waals surface area (Å²) in [5, 5.41) is 19.0. The molecule has 0 saturated carbocycles. The van der Waals surface area contributed by atoms with Gasteiger partial charge in [0.25, 0.3) is 0 Å². The number of aryl methyl sites for hydroxylation is 1. The van der Waals surface area contributed by atoms with Crippen LogP contribution in [0.2, 0.25) is 5.15 Å². The Bertz CT molecular complexity index is 690. The molecule has 100 valence electrons. The zero-order valence-electron chi connectivity index (χ0n) is 11.0. The van der Waals surface area contributed by atoms with Crippen LogP contribution in [-0.2, 0) is 0 Å². The van der Waals surface area contributed by atoms with Gasteiger partial charge in [0.1, 0.15) is 11.3 Å². The lowest BCUT2D eigenvalue weighted by molar-refractivity contribution is 0.220. The molecular weight excluding hydrogens is 272 g/mol. The van der Waals surface area contributed by atoms with E-state index in [1.54, 1.807) is 6.07 Å². The van der Waals surface area contributed by atoms with Crippen LogP contribution in [0.3, 0.4) is 0 Å². The van der Waals surface area contributed by atoms with Crippen molar-refractivity contribution in [2.24, 2.45) is 0 Å². The number of nitrogens with zero attached hydrogens (tertiary/aromatic N) is 2. The molecule has 0 radical (unpaired) electrons. The molecule has 0 saturated heterocycles.